The molecule has 0 bridgehead atoms. The summed E-state index contributed by atoms with van der Waals surface area (Å²) in [5.74, 6) is -0.376. The van der Waals surface area contributed by atoms with Crippen molar-refractivity contribution in [1.82, 2.24) is 9.55 Å². The highest BCUT2D eigenvalue weighted by Gasteiger charge is 2.39. The number of hydrogen-bond donors (Lipinski definition) is 0. The van der Waals surface area contributed by atoms with Crippen LogP contribution in [0.3, 0.4) is 0 Å². The molecule has 3 aromatic rings. The largest absolute Gasteiger partial charge is 0.465 e. The molecule has 0 amide bonds. The average molecular weight is 417 g/mol. The number of carbonyl (C=O) groups is 1. The number of rotatable bonds is 6. The van der Waals surface area contributed by atoms with Crippen LogP contribution in [0.2, 0.25) is 5.02 Å². The summed E-state index contributed by atoms with van der Waals surface area (Å²) in [7, 11) is 0. The van der Waals surface area contributed by atoms with Crippen LogP contribution in [0.4, 0.5) is 0 Å². The molecule has 0 N–H and O–H groups in total. The van der Waals surface area contributed by atoms with Gasteiger partial charge in [0, 0.05) is 11.6 Å². The SMILES string of the molecule is CCOC(=O)C(C)(Sc1nc2ccc(Cl)cc2c(=O)n1CC)c1ccccc1. The van der Waals surface area contributed by atoms with Crippen molar-refractivity contribution < 1.29 is 9.53 Å². The van der Waals surface area contributed by atoms with E-state index < -0.39 is 4.75 Å². The Hall–Kier alpha value is -2.31. The van der Waals surface area contributed by atoms with Crippen LogP contribution in [-0.4, -0.2) is 22.1 Å². The van der Waals surface area contributed by atoms with Gasteiger partial charge in [-0.2, -0.15) is 0 Å². The van der Waals surface area contributed by atoms with Crippen LogP contribution in [0.5, 0.6) is 0 Å². The summed E-state index contributed by atoms with van der Waals surface area (Å²) < 4.78 is 5.86. The molecule has 0 saturated heterocycles. The Morgan fingerprint density at radius 1 is 1.21 bits per heavy atom. The van der Waals surface area contributed by atoms with Crippen molar-refractivity contribution in [2.24, 2.45) is 0 Å². The molecule has 146 valence electrons. The Balaban J connectivity index is 2.18. The van der Waals surface area contributed by atoms with Crippen molar-refractivity contribution >= 4 is 40.2 Å². The van der Waals surface area contributed by atoms with Gasteiger partial charge in [-0.3, -0.25) is 14.2 Å². The molecular formula is C21H21ClN2O3S. The van der Waals surface area contributed by atoms with Crippen molar-refractivity contribution in [3.8, 4) is 0 Å². The highest BCUT2D eigenvalue weighted by molar-refractivity contribution is 8.00. The van der Waals surface area contributed by atoms with E-state index in [-0.39, 0.29) is 18.1 Å². The Bertz CT molecular complexity index is 1070. The van der Waals surface area contributed by atoms with Crippen molar-refractivity contribution in [2.75, 3.05) is 6.61 Å². The summed E-state index contributed by atoms with van der Waals surface area (Å²) in [6, 6.07) is 14.4. The van der Waals surface area contributed by atoms with E-state index in [2.05, 4.69) is 4.98 Å². The molecule has 28 heavy (non-hydrogen) atoms. The highest BCUT2D eigenvalue weighted by atomic mass is 35.5. The molecule has 1 unspecified atom stereocenters. The first-order chi connectivity index (χ1) is 13.4. The lowest BCUT2D eigenvalue weighted by molar-refractivity contribution is -0.145. The first-order valence-corrected chi connectivity index (χ1v) is 10.2. The number of halogens is 1. The molecule has 0 fully saturated rings. The van der Waals surface area contributed by atoms with E-state index in [9.17, 15) is 9.59 Å². The van der Waals surface area contributed by atoms with Crippen LogP contribution in [0.1, 0.15) is 26.3 Å². The van der Waals surface area contributed by atoms with E-state index in [0.717, 1.165) is 5.56 Å². The van der Waals surface area contributed by atoms with Crippen molar-refractivity contribution in [3.63, 3.8) is 0 Å². The molecule has 0 radical (unpaired) electrons. The number of hydrogen-bond acceptors (Lipinski definition) is 5. The number of thioether (sulfide) groups is 1. The van der Waals surface area contributed by atoms with Gasteiger partial charge in [0.15, 0.2) is 5.16 Å². The predicted molar refractivity (Wildman–Crippen MR) is 113 cm³/mol. The molecule has 1 atom stereocenters. The van der Waals surface area contributed by atoms with Crippen molar-refractivity contribution in [3.05, 3.63) is 69.5 Å². The minimum atomic E-state index is -1.05. The molecule has 2 aromatic carbocycles. The zero-order valence-corrected chi connectivity index (χ0v) is 17.5. The van der Waals surface area contributed by atoms with Gasteiger partial charge in [-0.1, -0.05) is 53.7 Å². The Kier molecular flexibility index (Phi) is 6.10. The van der Waals surface area contributed by atoms with Crippen LogP contribution in [0, 0.1) is 0 Å². The van der Waals surface area contributed by atoms with Crippen LogP contribution < -0.4 is 5.56 Å². The summed E-state index contributed by atoms with van der Waals surface area (Å²) >= 11 is 7.27. The molecule has 0 aliphatic carbocycles. The second-order valence-corrected chi connectivity index (χ2v) is 8.15. The molecule has 3 rings (SSSR count). The average Bonchev–Trinajstić information content (AvgIpc) is 2.69. The third-order valence-corrected chi connectivity index (χ3v) is 6.02. The minimum absolute atomic E-state index is 0.184. The summed E-state index contributed by atoms with van der Waals surface area (Å²) in [6.45, 7) is 6.13. The van der Waals surface area contributed by atoms with Crippen LogP contribution in [0.25, 0.3) is 10.9 Å². The lowest BCUT2D eigenvalue weighted by Gasteiger charge is -2.27. The van der Waals surface area contributed by atoms with Gasteiger partial charge in [0.25, 0.3) is 5.56 Å². The second-order valence-electron chi connectivity index (χ2n) is 6.33. The van der Waals surface area contributed by atoms with E-state index >= 15 is 0 Å². The van der Waals surface area contributed by atoms with Crippen LogP contribution >= 0.6 is 23.4 Å². The highest BCUT2D eigenvalue weighted by Crippen LogP contribution is 2.41. The van der Waals surface area contributed by atoms with Gasteiger partial charge in [-0.25, -0.2) is 4.98 Å². The lowest BCUT2D eigenvalue weighted by atomic mass is 10.0. The minimum Gasteiger partial charge on any atom is -0.465 e. The summed E-state index contributed by atoms with van der Waals surface area (Å²) in [5, 5.41) is 1.40. The quantitative estimate of drug-likeness (QED) is 0.333. The maximum absolute atomic E-state index is 13.0. The molecule has 0 aliphatic heterocycles. The molecule has 1 heterocycles. The lowest BCUT2D eigenvalue weighted by Crippen LogP contribution is -2.33. The Morgan fingerprint density at radius 3 is 2.57 bits per heavy atom. The first kappa shape index (κ1) is 20.4. The van der Waals surface area contributed by atoms with Crippen molar-refractivity contribution in [2.45, 2.75) is 37.2 Å². The number of fused-ring (bicyclic) bond motifs is 1. The second kappa shape index (κ2) is 8.37. The topological polar surface area (TPSA) is 61.2 Å². The number of aromatic nitrogens is 2. The molecule has 7 heteroatoms. The zero-order chi connectivity index (χ0) is 20.3. The van der Waals surface area contributed by atoms with Crippen molar-refractivity contribution in [1.29, 1.82) is 0 Å². The van der Waals surface area contributed by atoms with E-state index in [4.69, 9.17) is 16.3 Å². The maximum Gasteiger partial charge on any atom is 0.326 e. The van der Waals surface area contributed by atoms with Crippen LogP contribution in [-0.2, 0) is 20.8 Å². The number of esters is 1. The number of benzene rings is 2. The summed E-state index contributed by atoms with van der Waals surface area (Å²) in [4.78, 5) is 30.5. The van der Waals surface area contributed by atoms with Gasteiger partial charge < -0.3 is 4.74 Å². The normalized spacial score (nSPS) is 13.3. The maximum atomic E-state index is 13.0. The third kappa shape index (κ3) is 3.80. The van der Waals surface area contributed by atoms with Gasteiger partial charge in [0.05, 0.1) is 17.5 Å². The molecule has 0 saturated carbocycles. The fraction of sp³-hybridized carbons (Fsp3) is 0.286. The molecular weight excluding hydrogens is 396 g/mol. The summed E-state index contributed by atoms with van der Waals surface area (Å²) in [5.41, 5.74) is 1.14. The number of ether oxygens (including phenoxy) is 1. The number of nitrogens with zero attached hydrogens (tertiary/aromatic N) is 2. The van der Waals surface area contributed by atoms with Crippen LogP contribution in [0.15, 0.2) is 58.5 Å². The fourth-order valence-electron chi connectivity index (χ4n) is 2.96. The smallest absolute Gasteiger partial charge is 0.326 e. The van der Waals surface area contributed by atoms with E-state index in [1.165, 1.54) is 11.8 Å². The van der Waals surface area contributed by atoms with Gasteiger partial charge in [0.2, 0.25) is 0 Å². The van der Waals surface area contributed by atoms with Gasteiger partial charge >= 0.3 is 5.97 Å². The summed E-state index contributed by atoms with van der Waals surface area (Å²) in [6.07, 6.45) is 0. The van der Waals surface area contributed by atoms with E-state index in [1.54, 1.807) is 36.6 Å². The first-order valence-electron chi connectivity index (χ1n) is 9.02. The number of carbonyl (C=O) groups excluding carboxylic acids is 1. The Labute approximate surface area is 172 Å². The van der Waals surface area contributed by atoms with E-state index in [0.29, 0.717) is 27.6 Å². The van der Waals surface area contributed by atoms with Gasteiger partial charge in [-0.05, 0) is 44.5 Å². The van der Waals surface area contributed by atoms with Gasteiger partial charge in [0.1, 0.15) is 4.75 Å². The third-order valence-electron chi connectivity index (χ3n) is 4.48. The molecule has 5 nitrogen and oxygen atoms in total. The molecule has 0 spiro atoms. The van der Waals surface area contributed by atoms with Gasteiger partial charge in [-0.15, -0.1) is 0 Å². The van der Waals surface area contributed by atoms with E-state index in [1.807, 2.05) is 37.3 Å². The zero-order valence-electron chi connectivity index (χ0n) is 15.9. The standard InChI is InChI=1S/C21H21ClN2O3S/c1-4-24-18(25)16-13-15(22)11-12-17(16)23-20(24)28-21(3,19(26)27-5-2)14-9-7-6-8-10-14/h6-13H,4-5H2,1-3H3. The fourth-order valence-corrected chi connectivity index (χ4v) is 4.36. The monoisotopic (exact) mass is 416 g/mol. The Morgan fingerprint density at radius 2 is 1.93 bits per heavy atom. The molecule has 0 aliphatic rings. The predicted octanol–water partition coefficient (Wildman–Crippen LogP) is 4.64. The molecule has 1 aromatic heterocycles.